The fourth-order valence-electron chi connectivity index (χ4n) is 2.20. The molecule has 0 aliphatic heterocycles. The second kappa shape index (κ2) is 4.34. The number of hydrogen-bond acceptors (Lipinski definition) is 2. The van der Waals surface area contributed by atoms with Gasteiger partial charge in [0.1, 0.15) is 16.9 Å². The summed E-state index contributed by atoms with van der Waals surface area (Å²) in [6.45, 7) is 6.57. The Kier molecular flexibility index (Phi) is 2.74. The summed E-state index contributed by atoms with van der Waals surface area (Å²) in [5.74, 6) is 0.784. The topological polar surface area (TPSA) is 55.6 Å². The molecule has 20 heavy (non-hydrogen) atoms. The van der Waals surface area contributed by atoms with Crippen LogP contribution in [0, 0.1) is 5.21 Å². The van der Waals surface area contributed by atoms with Crippen LogP contribution in [0.2, 0.25) is 0 Å². The molecule has 0 atom stereocenters. The molecule has 0 unspecified atom stereocenters. The zero-order chi connectivity index (χ0) is 14.3. The zero-order valence-corrected chi connectivity index (χ0v) is 11.8. The number of H-pyrrole nitrogens is 1. The molecule has 0 radical (unpaired) electrons. The van der Waals surface area contributed by atoms with E-state index in [1.807, 2.05) is 0 Å². The molecule has 0 aliphatic carbocycles. The van der Waals surface area contributed by atoms with Gasteiger partial charge in [-0.05, 0) is 11.0 Å². The number of pyridine rings is 1. The summed E-state index contributed by atoms with van der Waals surface area (Å²) in [4.78, 5) is 7.69. The molecule has 4 nitrogen and oxygen atoms in total. The summed E-state index contributed by atoms with van der Waals surface area (Å²) in [5, 5.41) is 11.3. The highest BCUT2D eigenvalue weighted by molar-refractivity contribution is 5.77. The average Bonchev–Trinajstić information content (AvgIpc) is 2.80. The highest BCUT2D eigenvalue weighted by atomic mass is 16.5. The van der Waals surface area contributed by atoms with Crippen molar-refractivity contribution in [1.82, 2.24) is 9.97 Å². The Morgan fingerprint density at radius 3 is 2.45 bits per heavy atom. The van der Waals surface area contributed by atoms with Gasteiger partial charge in [0.25, 0.3) is 0 Å². The number of aromatic nitrogens is 3. The lowest BCUT2D eigenvalue weighted by molar-refractivity contribution is -0.604. The third-order valence-corrected chi connectivity index (χ3v) is 3.42. The predicted octanol–water partition coefficient (Wildman–Crippen LogP) is 3.16. The first kappa shape index (κ1) is 12.7. The summed E-state index contributed by atoms with van der Waals surface area (Å²) in [6, 6.07) is 10.1. The van der Waals surface area contributed by atoms with Gasteiger partial charge in [-0.3, -0.25) is 0 Å². The molecule has 1 N–H and O–H groups in total. The monoisotopic (exact) mass is 267 g/mol. The molecule has 2 heterocycles. The predicted molar refractivity (Wildman–Crippen MR) is 79.2 cm³/mol. The van der Waals surface area contributed by atoms with Crippen molar-refractivity contribution in [2.45, 2.75) is 26.2 Å². The molecular weight excluding hydrogens is 250 g/mol. The quantitative estimate of drug-likeness (QED) is 0.544. The Bertz CT molecular complexity index is 751. The summed E-state index contributed by atoms with van der Waals surface area (Å²) in [7, 11) is 0. The van der Waals surface area contributed by atoms with Gasteiger partial charge >= 0.3 is 0 Å². The lowest BCUT2D eigenvalue weighted by atomic mass is 9.87. The lowest BCUT2D eigenvalue weighted by Gasteiger charge is -2.18. The van der Waals surface area contributed by atoms with Crippen molar-refractivity contribution in [3.05, 3.63) is 53.5 Å². The molecule has 0 aliphatic rings. The maximum absolute atomic E-state index is 11.3. The first-order chi connectivity index (χ1) is 9.43. The fourth-order valence-corrected chi connectivity index (χ4v) is 2.20. The first-order valence-electron chi connectivity index (χ1n) is 6.63. The van der Waals surface area contributed by atoms with Crippen LogP contribution in [0.15, 0.2) is 42.7 Å². The van der Waals surface area contributed by atoms with Gasteiger partial charge in [0.2, 0.25) is 6.20 Å². The van der Waals surface area contributed by atoms with E-state index >= 15 is 0 Å². The number of nitrogens with zero attached hydrogens (tertiary/aromatic N) is 2. The molecule has 3 aromatic rings. The summed E-state index contributed by atoms with van der Waals surface area (Å²) < 4.78 is 0.771. The number of nitrogens with one attached hydrogen (secondary N) is 1. The fraction of sp³-hybridized carbons (Fsp3) is 0.250. The molecular formula is C16H17N3O. The molecule has 1 aromatic carbocycles. The molecule has 2 aromatic heterocycles. The SMILES string of the molecule is CC(C)(C)c1ccc(-c2nc3cc[n+]([O-])cc3[nH]2)cc1. The molecule has 3 rings (SSSR count). The van der Waals surface area contributed by atoms with E-state index in [0.29, 0.717) is 0 Å². The van der Waals surface area contributed by atoms with Gasteiger partial charge in [-0.1, -0.05) is 45.0 Å². The largest absolute Gasteiger partial charge is 0.619 e. The van der Waals surface area contributed by atoms with Crippen molar-refractivity contribution in [1.29, 1.82) is 0 Å². The van der Waals surface area contributed by atoms with Crippen LogP contribution in [0.4, 0.5) is 0 Å². The van der Waals surface area contributed by atoms with Crippen LogP contribution in [-0.2, 0) is 5.41 Å². The Morgan fingerprint density at radius 2 is 1.80 bits per heavy atom. The molecule has 4 heteroatoms. The van der Waals surface area contributed by atoms with Gasteiger partial charge in [0.05, 0.1) is 0 Å². The molecule has 0 saturated heterocycles. The number of fused-ring (bicyclic) bond motifs is 1. The van der Waals surface area contributed by atoms with Gasteiger partial charge in [0, 0.05) is 11.6 Å². The van der Waals surface area contributed by atoms with Gasteiger partial charge in [-0.25, -0.2) is 4.98 Å². The minimum atomic E-state index is 0.139. The van der Waals surface area contributed by atoms with E-state index in [1.54, 1.807) is 6.07 Å². The Morgan fingerprint density at radius 1 is 1.10 bits per heavy atom. The maximum Gasteiger partial charge on any atom is 0.206 e. The summed E-state index contributed by atoms with van der Waals surface area (Å²) >= 11 is 0. The van der Waals surface area contributed by atoms with Crippen LogP contribution < -0.4 is 4.73 Å². The van der Waals surface area contributed by atoms with Crippen LogP contribution >= 0.6 is 0 Å². The molecule has 0 saturated carbocycles. The van der Waals surface area contributed by atoms with Crippen molar-refractivity contribution < 1.29 is 4.73 Å². The third kappa shape index (κ3) is 2.25. The van der Waals surface area contributed by atoms with Crippen LogP contribution in [0.1, 0.15) is 26.3 Å². The van der Waals surface area contributed by atoms with Crippen molar-refractivity contribution in [2.75, 3.05) is 0 Å². The molecule has 0 spiro atoms. The van der Waals surface area contributed by atoms with Gasteiger partial charge in [-0.15, -0.1) is 0 Å². The van der Waals surface area contributed by atoms with E-state index < -0.39 is 0 Å². The van der Waals surface area contributed by atoms with Gasteiger partial charge in [0.15, 0.2) is 6.20 Å². The highest BCUT2D eigenvalue weighted by Gasteiger charge is 2.14. The Labute approximate surface area is 117 Å². The van der Waals surface area contributed by atoms with E-state index in [9.17, 15) is 5.21 Å². The van der Waals surface area contributed by atoms with Gasteiger partial charge in [-0.2, -0.15) is 4.73 Å². The molecule has 0 fully saturated rings. The zero-order valence-electron chi connectivity index (χ0n) is 11.8. The molecule has 102 valence electrons. The van der Waals surface area contributed by atoms with Crippen LogP contribution in [0.25, 0.3) is 22.4 Å². The number of aromatic amines is 1. The second-order valence-corrected chi connectivity index (χ2v) is 6.02. The number of benzene rings is 1. The normalized spacial score (nSPS) is 11.9. The Hall–Kier alpha value is -2.36. The van der Waals surface area contributed by atoms with Crippen LogP contribution in [0.3, 0.4) is 0 Å². The molecule has 0 bridgehead atoms. The number of rotatable bonds is 1. The van der Waals surface area contributed by atoms with E-state index in [1.165, 1.54) is 18.0 Å². The number of hydrogen-bond donors (Lipinski definition) is 1. The third-order valence-electron chi connectivity index (χ3n) is 3.42. The van der Waals surface area contributed by atoms with E-state index in [2.05, 4.69) is 55.0 Å². The van der Waals surface area contributed by atoms with Crippen molar-refractivity contribution in [3.8, 4) is 11.4 Å². The van der Waals surface area contributed by atoms with Crippen molar-refractivity contribution in [3.63, 3.8) is 0 Å². The Balaban J connectivity index is 2.02. The van der Waals surface area contributed by atoms with E-state index in [4.69, 9.17) is 0 Å². The average molecular weight is 267 g/mol. The lowest BCUT2D eigenvalue weighted by Crippen LogP contribution is -2.23. The molecule has 0 amide bonds. The minimum Gasteiger partial charge on any atom is -0.619 e. The van der Waals surface area contributed by atoms with Crippen molar-refractivity contribution in [2.24, 2.45) is 0 Å². The van der Waals surface area contributed by atoms with E-state index in [0.717, 1.165) is 27.2 Å². The first-order valence-corrected chi connectivity index (χ1v) is 6.63. The maximum atomic E-state index is 11.3. The summed E-state index contributed by atoms with van der Waals surface area (Å²) in [6.07, 6.45) is 2.95. The minimum absolute atomic E-state index is 0.139. The second-order valence-electron chi connectivity index (χ2n) is 6.02. The standard InChI is InChI=1S/C16H17N3O/c1-16(2,3)12-6-4-11(5-7-12)15-17-13-8-9-19(20)10-14(13)18-15/h4-10H,1-3H3,(H,17,18). The highest BCUT2D eigenvalue weighted by Crippen LogP contribution is 2.25. The van der Waals surface area contributed by atoms with Crippen molar-refractivity contribution >= 4 is 11.0 Å². The number of imidazole rings is 1. The van der Waals surface area contributed by atoms with Gasteiger partial charge < -0.3 is 10.2 Å². The summed E-state index contributed by atoms with van der Waals surface area (Å²) in [5.41, 5.74) is 3.99. The van der Waals surface area contributed by atoms with Crippen LogP contribution in [0.5, 0.6) is 0 Å². The van der Waals surface area contributed by atoms with Crippen LogP contribution in [-0.4, -0.2) is 9.97 Å². The smallest absolute Gasteiger partial charge is 0.206 e. The van der Waals surface area contributed by atoms with E-state index in [-0.39, 0.29) is 5.41 Å².